The maximum Gasteiger partial charge on any atom is 0.200 e. The third-order valence-electron chi connectivity index (χ3n) is 3.92. The van der Waals surface area contributed by atoms with E-state index in [9.17, 15) is 13.9 Å². The summed E-state index contributed by atoms with van der Waals surface area (Å²) in [5, 5.41) is 14.5. The smallest absolute Gasteiger partial charge is 0.200 e. The molecule has 2 aromatic rings. The van der Waals surface area contributed by atoms with E-state index in [0.717, 1.165) is 12.5 Å². The third-order valence-corrected chi connectivity index (χ3v) is 3.92. The van der Waals surface area contributed by atoms with Gasteiger partial charge in [-0.05, 0) is 37.3 Å². The lowest BCUT2D eigenvalue weighted by Crippen LogP contribution is -2.29. The van der Waals surface area contributed by atoms with Crippen LogP contribution in [0.4, 0.5) is 8.78 Å². The molecule has 0 radical (unpaired) electrons. The van der Waals surface area contributed by atoms with Crippen LogP contribution in [0.15, 0.2) is 30.9 Å². The Morgan fingerprint density at radius 3 is 2.71 bits per heavy atom. The van der Waals surface area contributed by atoms with Crippen molar-refractivity contribution in [2.45, 2.75) is 45.3 Å². The first-order chi connectivity index (χ1) is 11.5. The van der Waals surface area contributed by atoms with Crippen LogP contribution in [0.3, 0.4) is 0 Å². The largest absolute Gasteiger partial charge is 0.490 e. The van der Waals surface area contributed by atoms with E-state index in [1.165, 1.54) is 18.5 Å². The molecule has 1 aromatic carbocycles. The molecule has 24 heavy (non-hydrogen) atoms. The highest BCUT2D eigenvalue weighted by atomic mass is 19.2. The standard InChI is InChI=1S/C17H23F2N3O2/c1-12(2)17(23)14(22-11-20-10-21-22)7-3-4-9-24-15-8-5-6-13(18)16(15)19/h5-6,8,10-12,14,17,23H,3-4,7,9H2,1-2H3. The van der Waals surface area contributed by atoms with Gasteiger partial charge >= 0.3 is 0 Å². The van der Waals surface area contributed by atoms with Crippen LogP contribution in [-0.4, -0.2) is 32.6 Å². The number of halogens is 2. The lowest BCUT2D eigenvalue weighted by atomic mass is 9.95. The summed E-state index contributed by atoms with van der Waals surface area (Å²) in [5.74, 6) is -1.87. The molecule has 0 saturated heterocycles. The van der Waals surface area contributed by atoms with Crippen LogP contribution in [0.2, 0.25) is 0 Å². The van der Waals surface area contributed by atoms with E-state index in [4.69, 9.17) is 4.74 Å². The van der Waals surface area contributed by atoms with Crippen molar-refractivity contribution in [2.75, 3.05) is 6.61 Å². The third kappa shape index (κ3) is 4.74. The Bertz CT molecular complexity index is 620. The minimum absolute atomic E-state index is 0.0787. The van der Waals surface area contributed by atoms with Gasteiger partial charge in [-0.1, -0.05) is 19.9 Å². The van der Waals surface area contributed by atoms with Gasteiger partial charge in [-0.15, -0.1) is 0 Å². The first-order valence-corrected chi connectivity index (χ1v) is 8.09. The topological polar surface area (TPSA) is 60.2 Å². The fourth-order valence-corrected chi connectivity index (χ4v) is 2.53. The molecule has 0 aliphatic rings. The van der Waals surface area contributed by atoms with E-state index in [2.05, 4.69) is 10.1 Å². The van der Waals surface area contributed by atoms with E-state index < -0.39 is 17.7 Å². The number of hydrogen-bond acceptors (Lipinski definition) is 4. The van der Waals surface area contributed by atoms with Crippen LogP contribution in [-0.2, 0) is 0 Å². The van der Waals surface area contributed by atoms with Crippen molar-refractivity contribution in [1.82, 2.24) is 14.8 Å². The van der Waals surface area contributed by atoms with Gasteiger partial charge in [0, 0.05) is 0 Å². The second kappa shape index (κ2) is 8.73. The first-order valence-electron chi connectivity index (χ1n) is 8.09. The van der Waals surface area contributed by atoms with Crippen LogP contribution in [0, 0.1) is 17.6 Å². The summed E-state index contributed by atoms with van der Waals surface area (Å²) >= 11 is 0. The quantitative estimate of drug-likeness (QED) is 0.712. The number of ether oxygens (including phenoxy) is 1. The number of nitrogens with zero attached hydrogens (tertiary/aromatic N) is 3. The van der Waals surface area contributed by atoms with Gasteiger partial charge in [-0.2, -0.15) is 9.49 Å². The summed E-state index contributed by atoms with van der Waals surface area (Å²) in [7, 11) is 0. The summed E-state index contributed by atoms with van der Waals surface area (Å²) in [6, 6.07) is 3.70. The minimum Gasteiger partial charge on any atom is -0.490 e. The molecule has 7 heteroatoms. The maximum atomic E-state index is 13.5. The Morgan fingerprint density at radius 2 is 2.04 bits per heavy atom. The minimum atomic E-state index is -0.965. The van der Waals surface area contributed by atoms with Gasteiger partial charge < -0.3 is 9.84 Å². The van der Waals surface area contributed by atoms with Crippen molar-refractivity contribution in [2.24, 2.45) is 5.92 Å². The Morgan fingerprint density at radius 1 is 1.25 bits per heavy atom. The molecule has 2 unspecified atom stereocenters. The van der Waals surface area contributed by atoms with Crippen LogP contribution in [0.25, 0.3) is 0 Å². The molecule has 0 amide bonds. The fourth-order valence-electron chi connectivity index (χ4n) is 2.53. The van der Waals surface area contributed by atoms with Crippen LogP contribution in [0.5, 0.6) is 5.75 Å². The number of aromatic nitrogens is 3. The maximum absolute atomic E-state index is 13.5. The molecule has 5 nitrogen and oxygen atoms in total. The zero-order chi connectivity index (χ0) is 17.5. The van der Waals surface area contributed by atoms with Crippen molar-refractivity contribution in [3.63, 3.8) is 0 Å². The lowest BCUT2D eigenvalue weighted by molar-refractivity contribution is 0.0580. The lowest BCUT2D eigenvalue weighted by Gasteiger charge is -2.25. The molecular weight excluding hydrogens is 316 g/mol. The number of benzene rings is 1. The van der Waals surface area contributed by atoms with Gasteiger partial charge in [0.15, 0.2) is 11.6 Å². The molecule has 2 rings (SSSR count). The SMILES string of the molecule is CC(C)C(O)C(CCCCOc1cccc(F)c1F)n1cncn1. The molecule has 2 atom stereocenters. The van der Waals surface area contributed by atoms with E-state index in [-0.39, 0.29) is 24.3 Å². The predicted molar refractivity (Wildman–Crippen MR) is 85.6 cm³/mol. The summed E-state index contributed by atoms with van der Waals surface area (Å²) < 4.78 is 33.5. The second-order valence-corrected chi connectivity index (χ2v) is 6.07. The van der Waals surface area contributed by atoms with Crippen LogP contribution in [0.1, 0.15) is 39.2 Å². The fraction of sp³-hybridized carbons (Fsp3) is 0.529. The van der Waals surface area contributed by atoms with Gasteiger partial charge in [0.05, 0.1) is 18.8 Å². The Hall–Kier alpha value is -2.02. The van der Waals surface area contributed by atoms with Gasteiger partial charge in [0.1, 0.15) is 12.7 Å². The Labute approximate surface area is 140 Å². The highest BCUT2D eigenvalue weighted by Crippen LogP contribution is 2.24. The van der Waals surface area contributed by atoms with E-state index in [1.807, 2.05) is 13.8 Å². The van der Waals surface area contributed by atoms with Crippen molar-refractivity contribution < 1.29 is 18.6 Å². The van der Waals surface area contributed by atoms with Crippen molar-refractivity contribution >= 4 is 0 Å². The normalized spacial score (nSPS) is 13.9. The Balaban J connectivity index is 1.82. The molecule has 132 valence electrons. The molecule has 0 saturated carbocycles. The van der Waals surface area contributed by atoms with Gasteiger partial charge in [0.2, 0.25) is 5.82 Å². The second-order valence-electron chi connectivity index (χ2n) is 6.07. The summed E-state index contributed by atoms with van der Waals surface area (Å²) in [5.41, 5.74) is 0. The van der Waals surface area contributed by atoms with Gasteiger partial charge in [-0.3, -0.25) is 0 Å². The highest BCUT2D eigenvalue weighted by Gasteiger charge is 2.24. The highest BCUT2D eigenvalue weighted by molar-refractivity contribution is 5.24. The van der Waals surface area contributed by atoms with Crippen LogP contribution >= 0.6 is 0 Å². The molecule has 0 bridgehead atoms. The zero-order valence-corrected chi connectivity index (χ0v) is 13.9. The first kappa shape index (κ1) is 18.3. The molecule has 1 heterocycles. The molecule has 0 spiro atoms. The van der Waals surface area contributed by atoms with Crippen molar-refractivity contribution in [1.29, 1.82) is 0 Å². The molecular formula is C17H23F2N3O2. The molecule has 0 aliphatic heterocycles. The summed E-state index contributed by atoms with van der Waals surface area (Å²) in [4.78, 5) is 3.93. The van der Waals surface area contributed by atoms with Gasteiger partial charge in [0.25, 0.3) is 0 Å². The van der Waals surface area contributed by atoms with Crippen molar-refractivity contribution in [3.8, 4) is 5.75 Å². The number of unbranched alkanes of at least 4 members (excludes halogenated alkanes) is 1. The average molecular weight is 339 g/mol. The molecule has 1 aromatic heterocycles. The monoisotopic (exact) mass is 339 g/mol. The van der Waals surface area contributed by atoms with Gasteiger partial charge in [-0.25, -0.2) is 14.1 Å². The van der Waals surface area contributed by atoms with E-state index in [0.29, 0.717) is 12.8 Å². The molecule has 0 aliphatic carbocycles. The number of aliphatic hydroxyl groups excluding tert-OH is 1. The van der Waals surface area contributed by atoms with E-state index in [1.54, 1.807) is 11.0 Å². The zero-order valence-electron chi connectivity index (χ0n) is 13.9. The summed E-state index contributed by atoms with van der Waals surface area (Å²) in [6.45, 7) is 4.18. The number of aliphatic hydroxyl groups is 1. The average Bonchev–Trinajstić information content (AvgIpc) is 3.08. The Kier molecular flexibility index (Phi) is 6.66. The predicted octanol–water partition coefficient (Wildman–Crippen LogP) is 3.36. The molecule has 1 N–H and O–H groups in total. The van der Waals surface area contributed by atoms with E-state index >= 15 is 0 Å². The summed E-state index contributed by atoms with van der Waals surface area (Å²) in [6.07, 6.45) is 4.60. The van der Waals surface area contributed by atoms with Crippen LogP contribution < -0.4 is 4.74 Å². The number of rotatable bonds is 9. The van der Waals surface area contributed by atoms with Crippen molar-refractivity contribution in [3.05, 3.63) is 42.5 Å². The number of hydrogen-bond donors (Lipinski definition) is 1. The molecule has 0 fully saturated rings.